The second-order valence-corrected chi connectivity index (χ2v) is 17.8. The van der Waals surface area contributed by atoms with Gasteiger partial charge in [0.2, 0.25) is 0 Å². The number of aromatic nitrogens is 1. The lowest BCUT2D eigenvalue weighted by Gasteiger charge is -2.27. The van der Waals surface area contributed by atoms with Gasteiger partial charge in [-0.15, -0.1) is 0 Å². The summed E-state index contributed by atoms with van der Waals surface area (Å²) < 4.78 is 2.22. The van der Waals surface area contributed by atoms with Gasteiger partial charge in [-0.1, -0.05) is 114 Å². The van der Waals surface area contributed by atoms with Crippen molar-refractivity contribution in [2.24, 2.45) is 0 Å². The highest BCUT2D eigenvalue weighted by atomic mass is 15.1. The number of nitrogens with zero attached hydrogens (tertiary/aromatic N) is 5. The molecule has 1 aromatic heterocycles. The number of benzene rings is 8. The largest absolute Gasteiger partial charge is 0.310 e. The van der Waals surface area contributed by atoms with Crippen molar-refractivity contribution in [2.45, 2.75) is 52.4 Å². The molecule has 0 bridgehead atoms. The second-order valence-electron chi connectivity index (χ2n) is 17.8. The lowest BCUT2D eigenvalue weighted by Crippen LogP contribution is -2.13. The zero-order valence-electron chi connectivity index (χ0n) is 35.5. The fourth-order valence-electron chi connectivity index (χ4n) is 8.42. The van der Waals surface area contributed by atoms with Gasteiger partial charge < -0.3 is 14.4 Å². The van der Waals surface area contributed by atoms with Crippen LogP contribution in [0, 0.1) is 17.9 Å². The van der Waals surface area contributed by atoms with Crippen molar-refractivity contribution in [3.63, 3.8) is 0 Å². The minimum Gasteiger partial charge on any atom is -0.310 e. The lowest BCUT2D eigenvalue weighted by atomic mass is 9.87. The summed E-state index contributed by atoms with van der Waals surface area (Å²) in [4.78, 5) is 8.39. The molecule has 0 radical (unpaired) electrons. The van der Waals surface area contributed by atoms with Crippen LogP contribution in [0.2, 0.25) is 0 Å². The zero-order valence-corrected chi connectivity index (χ0v) is 35.5. The normalized spacial score (nSPS) is 11.7. The van der Waals surface area contributed by atoms with E-state index in [1.54, 1.807) is 6.07 Å². The molecule has 61 heavy (non-hydrogen) atoms. The van der Waals surface area contributed by atoms with Gasteiger partial charge in [0.1, 0.15) is 0 Å². The predicted octanol–water partition coefficient (Wildman–Crippen LogP) is 15.9. The van der Waals surface area contributed by atoms with Gasteiger partial charge in [-0.3, -0.25) is 0 Å². The second kappa shape index (κ2) is 15.2. The topological polar surface area (TPSA) is 39.6 Å². The molecule has 5 heteroatoms. The summed E-state index contributed by atoms with van der Waals surface area (Å²) in [5.41, 5.74) is 12.5. The van der Waals surface area contributed by atoms with Crippen molar-refractivity contribution in [3.05, 3.63) is 204 Å². The number of fused-ring (bicyclic) bond motifs is 4. The molecule has 0 fully saturated rings. The monoisotopic (exact) mass is 789 g/mol. The van der Waals surface area contributed by atoms with Crippen LogP contribution in [0.4, 0.5) is 39.8 Å². The molecule has 0 N–H and O–H groups in total. The van der Waals surface area contributed by atoms with E-state index in [0.29, 0.717) is 11.3 Å². The summed E-state index contributed by atoms with van der Waals surface area (Å²) in [5.74, 6) is 0. The van der Waals surface area contributed by atoms with Crippen molar-refractivity contribution in [2.75, 3.05) is 9.80 Å². The molecular weight excluding hydrogens is 743 g/mol. The molecule has 0 unspecified atom stereocenters. The van der Waals surface area contributed by atoms with E-state index < -0.39 is 0 Å². The quantitative estimate of drug-likeness (QED) is 0.151. The molecule has 0 spiro atoms. The average molecular weight is 790 g/mol. The Hall–Kier alpha value is -7.60. The first-order chi connectivity index (χ1) is 29.4. The number of anilines is 6. The SMILES string of the molecule is [C-]#[N+]c1cc(C#N)cc(-n2c3cc(N(c4ccccc4)c4ccc(C(C)(C)C)cc4)ccc3c3cc4ccc(N(c5ccccc5)c5ccc(C(C)(C)C)cc5)cc4cc32)c1. The Morgan fingerprint density at radius 3 is 1.49 bits per heavy atom. The van der Waals surface area contributed by atoms with Crippen LogP contribution in [0.5, 0.6) is 0 Å². The van der Waals surface area contributed by atoms with Crippen molar-refractivity contribution >= 4 is 72.4 Å². The third-order valence-corrected chi connectivity index (χ3v) is 11.6. The zero-order chi connectivity index (χ0) is 42.5. The number of rotatable bonds is 7. The maximum atomic E-state index is 10.1. The molecule has 0 amide bonds. The molecule has 0 aliphatic heterocycles. The molecule has 0 aliphatic carbocycles. The fourth-order valence-corrected chi connectivity index (χ4v) is 8.42. The van der Waals surface area contributed by atoms with Crippen LogP contribution in [0.25, 0.3) is 43.1 Å². The van der Waals surface area contributed by atoms with Crippen LogP contribution in [0.1, 0.15) is 58.2 Å². The van der Waals surface area contributed by atoms with Gasteiger partial charge in [0.05, 0.1) is 23.7 Å². The van der Waals surface area contributed by atoms with Gasteiger partial charge in [-0.25, -0.2) is 4.85 Å². The summed E-state index contributed by atoms with van der Waals surface area (Å²) in [6.07, 6.45) is 0. The first kappa shape index (κ1) is 38.9. The van der Waals surface area contributed by atoms with Crippen LogP contribution in [-0.4, -0.2) is 4.57 Å². The van der Waals surface area contributed by atoms with Crippen molar-refractivity contribution < 1.29 is 0 Å². The van der Waals surface area contributed by atoms with Crippen LogP contribution in [-0.2, 0) is 10.8 Å². The number of hydrogen-bond donors (Lipinski definition) is 0. The molecular formula is C56H47N5. The van der Waals surface area contributed by atoms with Crippen LogP contribution >= 0.6 is 0 Å². The minimum absolute atomic E-state index is 0.0277. The van der Waals surface area contributed by atoms with E-state index in [0.717, 1.165) is 72.4 Å². The van der Waals surface area contributed by atoms with Crippen LogP contribution in [0.15, 0.2) is 176 Å². The number of hydrogen-bond acceptors (Lipinski definition) is 3. The van der Waals surface area contributed by atoms with Gasteiger partial charge >= 0.3 is 0 Å². The molecule has 296 valence electrons. The summed E-state index contributed by atoms with van der Waals surface area (Å²) in [6, 6.07) is 64.3. The fraction of sp³-hybridized carbons (Fsp3) is 0.143. The van der Waals surface area contributed by atoms with Gasteiger partial charge in [0, 0.05) is 56.1 Å². The van der Waals surface area contributed by atoms with Gasteiger partial charge in [-0.05, 0) is 136 Å². The average Bonchev–Trinajstić information content (AvgIpc) is 3.58. The first-order valence-corrected chi connectivity index (χ1v) is 20.8. The third kappa shape index (κ3) is 7.37. The summed E-state index contributed by atoms with van der Waals surface area (Å²) in [7, 11) is 0. The Morgan fingerprint density at radius 2 is 0.967 bits per heavy atom. The van der Waals surface area contributed by atoms with E-state index in [-0.39, 0.29) is 10.8 Å². The predicted molar refractivity (Wildman–Crippen MR) is 256 cm³/mol. The molecule has 9 rings (SSSR count). The van der Waals surface area contributed by atoms with Crippen LogP contribution in [0.3, 0.4) is 0 Å². The van der Waals surface area contributed by atoms with E-state index >= 15 is 0 Å². The Bertz CT molecular complexity index is 3120. The third-order valence-electron chi connectivity index (χ3n) is 11.6. The Kier molecular flexibility index (Phi) is 9.70. The molecule has 0 saturated carbocycles. The highest BCUT2D eigenvalue weighted by molar-refractivity contribution is 6.15. The molecule has 0 saturated heterocycles. The molecule has 1 heterocycles. The highest BCUT2D eigenvalue weighted by Crippen LogP contribution is 2.43. The van der Waals surface area contributed by atoms with Crippen molar-refractivity contribution in [1.29, 1.82) is 5.26 Å². The van der Waals surface area contributed by atoms with Gasteiger partial charge in [0.25, 0.3) is 0 Å². The summed E-state index contributed by atoms with van der Waals surface area (Å²) >= 11 is 0. The van der Waals surface area contributed by atoms with Crippen molar-refractivity contribution in [3.8, 4) is 11.8 Å². The molecule has 9 aromatic rings. The molecule has 8 aromatic carbocycles. The van der Waals surface area contributed by atoms with Crippen LogP contribution < -0.4 is 9.80 Å². The maximum Gasteiger partial charge on any atom is 0.190 e. The molecule has 0 atom stereocenters. The smallest absolute Gasteiger partial charge is 0.190 e. The summed E-state index contributed by atoms with van der Waals surface area (Å²) in [6.45, 7) is 21.4. The van der Waals surface area contributed by atoms with E-state index in [4.69, 9.17) is 6.57 Å². The molecule has 5 nitrogen and oxygen atoms in total. The van der Waals surface area contributed by atoms with E-state index in [1.807, 2.05) is 24.3 Å². The van der Waals surface area contributed by atoms with Gasteiger partial charge in [0.15, 0.2) is 5.69 Å². The van der Waals surface area contributed by atoms with E-state index in [2.05, 4.69) is 212 Å². The Balaban J connectivity index is 1.28. The Morgan fingerprint density at radius 1 is 0.475 bits per heavy atom. The van der Waals surface area contributed by atoms with E-state index in [9.17, 15) is 5.26 Å². The van der Waals surface area contributed by atoms with Crippen molar-refractivity contribution in [1.82, 2.24) is 4.57 Å². The molecule has 0 aliphatic rings. The van der Waals surface area contributed by atoms with Gasteiger partial charge in [-0.2, -0.15) is 5.26 Å². The van der Waals surface area contributed by atoms with E-state index in [1.165, 1.54) is 11.1 Å². The number of nitriles is 1. The first-order valence-electron chi connectivity index (χ1n) is 20.8. The minimum atomic E-state index is 0.0277. The maximum absolute atomic E-state index is 10.1. The number of para-hydroxylation sites is 2. The summed E-state index contributed by atoms with van der Waals surface area (Å²) in [5, 5.41) is 14.5. The Labute approximate surface area is 358 Å². The standard InChI is InChI=1S/C56H47N5/c1-55(2,3)41-19-24-46(25-20-41)59(44-14-10-8-11-15-44)48-23-18-39-33-52-51-29-28-49(60(45-16-12-9-13-17-45)47-26-21-42(22-27-47)56(4,5)6)36-54(51)61(53(52)34-40(39)32-48)50-31-38(37-57)30-43(35-50)58-7/h8-36H,1-6H3. The lowest BCUT2D eigenvalue weighted by molar-refractivity contribution is 0.590. The highest BCUT2D eigenvalue weighted by Gasteiger charge is 2.22.